The van der Waals surface area contributed by atoms with Crippen molar-refractivity contribution in [2.45, 2.75) is 41.8 Å². The third kappa shape index (κ3) is 1.52. The van der Waals surface area contributed by atoms with Crippen molar-refractivity contribution in [1.29, 1.82) is 0 Å². The third-order valence-electron chi connectivity index (χ3n) is 3.74. The summed E-state index contributed by atoms with van der Waals surface area (Å²) < 4.78 is 11.9. The molecular weight excluding hydrogens is 222 g/mol. The molecular formula is C12H15NO2S. The smallest absolute Gasteiger partial charge is 0.109 e. The fourth-order valence-corrected chi connectivity index (χ4v) is 5.09. The Labute approximate surface area is 97.4 Å². The number of pyridine rings is 1. The maximum Gasteiger partial charge on any atom is 0.109 e. The maximum atomic E-state index is 11.9. The standard InChI is InChI=1S/C12H15NO2S/c14-12(11-3-1-2-6-13-11)7-9-4-5-10(8-12)16(9)15/h1-3,6,9-10,14H,4-5,7-8H2. The van der Waals surface area contributed by atoms with Crippen molar-refractivity contribution in [2.24, 2.45) is 0 Å². The van der Waals surface area contributed by atoms with Crippen LogP contribution in [-0.4, -0.2) is 24.8 Å². The lowest BCUT2D eigenvalue weighted by Gasteiger charge is -2.35. The molecule has 1 aromatic heterocycles. The van der Waals surface area contributed by atoms with Crippen LogP contribution in [0.5, 0.6) is 0 Å². The minimum absolute atomic E-state index is 0.172. The summed E-state index contributed by atoms with van der Waals surface area (Å²) in [7, 11) is -0.727. The predicted molar refractivity (Wildman–Crippen MR) is 62.3 cm³/mol. The second kappa shape index (κ2) is 3.64. The van der Waals surface area contributed by atoms with Crippen LogP contribution in [0.25, 0.3) is 0 Å². The fraction of sp³-hybridized carbons (Fsp3) is 0.583. The van der Waals surface area contributed by atoms with Gasteiger partial charge in [0, 0.05) is 27.5 Å². The van der Waals surface area contributed by atoms with Crippen molar-refractivity contribution in [3.8, 4) is 0 Å². The molecule has 2 saturated heterocycles. The molecule has 0 aromatic carbocycles. The highest BCUT2D eigenvalue weighted by Gasteiger charge is 2.48. The van der Waals surface area contributed by atoms with E-state index in [1.165, 1.54) is 0 Å². The molecule has 1 aromatic rings. The molecule has 3 nitrogen and oxygen atoms in total. The van der Waals surface area contributed by atoms with E-state index in [-0.39, 0.29) is 10.5 Å². The Morgan fingerprint density at radius 2 is 2.00 bits per heavy atom. The van der Waals surface area contributed by atoms with Crippen LogP contribution in [0.1, 0.15) is 31.4 Å². The number of fused-ring (bicyclic) bond motifs is 2. The molecule has 2 fully saturated rings. The van der Waals surface area contributed by atoms with Crippen LogP contribution in [0.15, 0.2) is 24.4 Å². The van der Waals surface area contributed by atoms with Crippen LogP contribution in [-0.2, 0) is 16.4 Å². The number of aromatic nitrogens is 1. The summed E-state index contributed by atoms with van der Waals surface area (Å²) in [5.41, 5.74) is -0.107. The van der Waals surface area contributed by atoms with E-state index in [2.05, 4.69) is 4.98 Å². The second-order valence-electron chi connectivity index (χ2n) is 4.80. The lowest BCUT2D eigenvalue weighted by molar-refractivity contribution is 0.0142. The predicted octanol–water partition coefficient (Wildman–Crippen LogP) is 1.34. The molecule has 3 rings (SSSR count). The first-order chi connectivity index (χ1) is 7.69. The zero-order chi connectivity index (χ0) is 11.2. The summed E-state index contributed by atoms with van der Waals surface area (Å²) in [5.74, 6) is 0. The summed E-state index contributed by atoms with van der Waals surface area (Å²) in [5, 5.41) is 11.0. The molecule has 2 aliphatic rings. The van der Waals surface area contributed by atoms with Gasteiger partial charge in [-0.15, -0.1) is 0 Å². The normalized spacial score (nSPS) is 42.2. The third-order valence-corrected chi connectivity index (χ3v) is 5.86. The molecule has 1 N–H and O–H groups in total. The molecule has 0 saturated carbocycles. The molecule has 0 aliphatic carbocycles. The highest BCUT2D eigenvalue weighted by molar-refractivity contribution is 7.86. The molecule has 2 unspecified atom stereocenters. The van der Waals surface area contributed by atoms with E-state index in [1.807, 2.05) is 18.2 Å². The van der Waals surface area contributed by atoms with Crippen LogP contribution in [0.4, 0.5) is 0 Å². The summed E-state index contributed by atoms with van der Waals surface area (Å²) in [6.07, 6.45) is 4.90. The molecule has 86 valence electrons. The zero-order valence-corrected chi connectivity index (χ0v) is 9.82. The van der Waals surface area contributed by atoms with E-state index in [4.69, 9.17) is 0 Å². The fourth-order valence-electron chi connectivity index (χ4n) is 2.93. The van der Waals surface area contributed by atoms with Gasteiger partial charge in [-0.2, -0.15) is 0 Å². The van der Waals surface area contributed by atoms with Crippen LogP contribution >= 0.6 is 0 Å². The van der Waals surface area contributed by atoms with Gasteiger partial charge in [0.2, 0.25) is 0 Å². The van der Waals surface area contributed by atoms with E-state index in [1.54, 1.807) is 6.20 Å². The lowest BCUT2D eigenvalue weighted by Crippen LogP contribution is -2.40. The van der Waals surface area contributed by atoms with Crippen LogP contribution in [0, 0.1) is 0 Å². The van der Waals surface area contributed by atoms with E-state index < -0.39 is 16.4 Å². The minimum Gasteiger partial charge on any atom is -0.383 e. The van der Waals surface area contributed by atoms with Gasteiger partial charge in [0.1, 0.15) is 5.60 Å². The average Bonchev–Trinajstić information content (AvgIpc) is 2.54. The van der Waals surface area contributed by atoms with Crippen molar-refractivity contribution in [1.82, 2.24) is 4.98 Å². The van der Waals surface area contributed by atoms with E-state index in [0.717, 1.165) is 18.5 Å². The van der Waals surface area contributed by atoms with Gasteiger partial charge in [0.15, 0.2) is 0 Å². The summed E-state index contributed by atoms with van der Waals surface area (Å²) >= 11 is 0. The molecule has 3 heterocycles. The average molecular weight is 237 g/mol. The Morgan fingerprint density at radius 3 is 2.56 bits per heavy atom. The summed E-state index contributed by atoms with van der Waals surface area (Å²) in [6, 6.07) is 5.61. The molecule has 4 heteroatoms. The molecule has 2 atom stereocenters. The number of hydrogen-bond donors (Lipinski definition) is 1. The monoisotopic (exact) mass is 237 g/mol. The lowest BCUT2D eigenvalue weighted by atomic mass is 9.89. The van der Waals surface area contributed by atoms with E-state index >= 15 is 0 Å². The van der Waals surface area contributed by atoms with Gasteiger partial charge >= 0.3 is 0 Å². The summed E-state index contributed by atoms with van der Waals surface area (Å²) in [6.45, 7) is 0. The molecule has 16 heavy (non-hydrogen) atoms. The maximum absolute atomic E-state index is 11.9. The highest BCUT2D eigenvalue weighted by atomic mass is 32.2. The first-order valence-electron chi connectivity index (χ1n) is 5.72. The Hall–Kier alpha value is -0.740. The number of aliphatic hydroxyl groups is 1. The van der Waals surface area contributed by atoms with Gasteiger partial charge in [-0.05, 0) is 37.8 Å². The topological polar surface area (TPSA) is 50.2 Å². The van der Waals surface area contributed by atoms with E-state index in [9.17, 15) is 9.32 Å². The SMILES string of the molecule is O=S1C2CCC1CC(O)(c1ccccn1)C2. The first kappa shape index (κ1) is 10.4. The number of hydrogen-bond acceptors (Lipinski definition) is 3. The van der Waals surface area contributed by atoms with Crippen LogP contribution < -0.4 is 0 Å². The van der Waals surface area contributed by atoms with Crippen molar-refractivity contribution < 1.29 is 9.32 Å². The quantitative estimate of drug-likeness (QED) is 0.802. The van der Waals surface area contributed by atoms with Gasteiger partial charge in [-0.1, -0.05) is 6.07 Å². The second-order valence-corrected chi connectivity index (χ2v) is 6.80. The van der Waals surface area contributed by atoms with Crippen LogP contribution in [0.3, 0.4) is 0 Å². The Morgan fingerprint density at radius 1 is 1.31 bits per heavy atom. The Bertz CT molecular complexity index is 404. The number of rotatable bonds is 1. The van der Waals surface area contributed by atoms with Crippen LogP contribution in [0.2, 0.25) is 0 Å². The Balaban J connectivity index is 1.94. The summed E-state index contributed by atoms with van der Waals surface area (Å²) in [4.78, 5) is 4.25. The zero-order valence-electron chi connectivity index (χ0n) is 9.00. The van der Waals surface area contributed by atoms with Gasteiger partial charge in [0.25, 0.3) is 0 Å². The van der Waals surface area contributed by atoms with Crippen molar-refractivity contribution >= 4 is 10.8 Å². The minimum atomic E-state index is -0.846. The Kier molecular flexibility index (Phi) is 2.37. The van der Waals surface area contributed by atoms with Gasteiger partial charge in [-0.25, -0.2) is 0 Å². The molecule has 2 aliphatic heterocycles. The van der Waals surface area contributed by atoms with Gasteiger partial charge in [0.05, 0.1) is 5.69 Å². The van der Waals surface area contributed by atoms with Crippen molar-refractivity contribution in [2.75, 3.05) is 0 Å². The van der Waals surface area contributed by atoms with Crippen molar-refractivity contribution in [3.05, 3.63) is 30.1 Å². The highest BCUT2D eigenvalue weighted by Crippen LogP contribution is 2.45. The number of nitrogens with zero attached hydrogens (tertiary/aromatic N) is 1. The van der Waals surface area contributed by atoms with E-state index in [0.29, 0.717) is 12.8 Å². The molecule has 0 radical (unpaired) electrons. The van der Waals surface area contributed by atoms with Gasteiger partial charge < -0.3 is 5.11 Å². The van der Waals surface area contributed by atoms with Gasteiger partial charge in [-0.3, -0.25) is 9.19 Å². The largest absolute Gasteiger partial charge is 0.383 e. The molecule has 2 bridgehead atoms. The molecule has 0 spiro atoms. The van der Waals surface area contributed by atoms with Crippen molar-refractivity contribution in [3.63, 3.8) is 0 Å². The first-order valence-corrected chi connectivity index (χ1v) is 7.00. The molecule has 0 amide bonds.